The van der Waals surface area contributed by atoms with E-state index in [0.29, 0.717) is 5.92 Å². The van der Waals surface area contributed by atoms with Crippen LogP contribution in [0.1, 0.15) is 45.7 Å². The van der Waals surface area contributed by atoms with Crippen LogP contribution in [-0.4, -0.2) is 4.98 Å². The molecule has 2 nitrogen and oxygen atoms in total. The molecule has 3 aromatic carbocycles. The lowest BCUT2D eigenvalue weighted by molar-refractivity contribution is 0.595. The number of hydrogen-bond acceptors (Lipinski definition) is 2. The molecule has 2 aromatic heterocycles. The molecule has 0 aliphatic heterocycles. The highest BCUT2D eigenvalue weighted by Crippen LogP contribution is 2.37. The Morgan fingerprint density at radius 3 is 2.45 bits per heavy atom. The molecule has 0 bridgehead atoms. The van der Waals surface area contributed by atoms with Gasteiger partial charge in [-0.05, 0) is 81.1 Å². The van der Waals surface area contributed by atoms with E-state index in [1.807, 2.05) is 6.20 Å². The summed E-state index contributed by atoms with van der Waals surface area (Å²) in [6.07, 6.45) is 4.74. The average Bonchev–Trinajstić information content (AvgIpc) is 3.28. The van der Waals surface area contributed by atoms with Crippen LogP contribution >= 0.6 is 0 Å². The van der Waals surface area contributed by atoms with Gasteiger partial charge in [-0.15, -0.1) is 0 Å². The van der Waals surface area contributed by atoms with Crippen LogP contribution < -0.4 is 0 Å². The first kappa shape index (κ1) is 21.5. The van der Waals surface area contributed by atoms with Crippen LogP contribution in [0.25, 0.3) is 44.1 Å². The first-order valence-electron chi connectivity index (χ1n) is 11.8. The molecular weight excluding hydrogens is 402 g/mol. The van der Waals surface area contributed by atoms with Crippen LogP contribution in [0.5, 0.6) is 0 Å². The Hall–Kier alpha value is -3.39. The molecule has 0 fully saturated rings. The standard InChI is InChI=1S/C31H31NO/c1-20(2)16-23-10-11-25(27-13-15-33-30(23)27)22-12-14-32-29(19-22)24-17-21-8-6-7-9-26(21)28(18-24)31(3,4)5/h6-15,17-20H,16H2,1-5H3. The Labute approximate surface area is 196 Å². The van der Waals surface area contributed by atoms with Crippen molar-refractivity contribution in [3.8, 4) is 22.4 Å². The van der Waals surface area contributed by atoms with Gasteiger partial charge in [-0.25, -0.2) is 0 Å². The maximum Gasteiger partial charge on any atom is 0.137 e. The van der Waals surface area contributed by atoms with Crippen LogP contribution in [0.4, 0.5) is 0 Å². The number of furan rings is 1. The molecule has 0 saturated carbocycles. The lowest BCUT2D eigenvalue weighted by Gasteiger charge is -2.22. The summed E-state index contributed by atoms with van der Waals surface area (Å²) in [5.74, 6) is 0.585. The maximum atomic E-state index is 5.91. The third kappa shape index (κ3) is 4.06. The predicted molar refractivity (Wildman–Crippen MR) is 140 cm³/mol. The molecular formula is C31H31NO. The van der Waals surface area contributed by atoms with Crippen LogP contribution in [0.2, 0.25) is 0 Å². The van der Waals surface area contributed by atoms with Crippen LogP contribution in [-0.2, 0) is 11.8 Å². The molecule has 0 unspecified atom stereocenters. The number of pyridine rings is 1. The molecule has 0 N–H and O–H groups in total. The summed E-state index contributed by atoms with van der Waals surface area (Å²) >= 11 is 0. The van der Waals surface area contributed by atoms with Gasteiger partial charge in [0.15, 0.2) is 0 Å². The summed E-state index contributed by atoms with van der Waals surface area (Å²) < 4.78 is 5.91. The van der Waals surface area contributed by atoms with Crippen molar-refractivity contribution in [3.63, 3.8) is 0 Å². The third-order valence-electron chi connectivity index (χ3n) is 6.36. The summed E-state index contributed by atoms with van der Waals surface area (Å²) in [6, 6.07) is 24.1. The van der Waals surface area contributed by atoms with E-state index < -0.39 is 0 Å². The Bertz CT molecular complexity index is 1450. The van der Waals surface area contributed by atoms with Crippen molar-refractivity contribution in [1.82, 2.24) is 4.98 Å². The Balaban J connectivity index is 1.65. The summed E-state index contributed by atoms with van der Waals surface area (Å²) in [5, 5.41) is 3.73. The van der Waals surface area contributed by atoms with Gasteiger partial charge in [-0.3, -0.25) is 4.98 Å². The molecule has 33 heavy (non-hydrogen) atoms. The van der Waals surface area contributed by atoms with Crippen molar-refractivity contribution in [2.24, 2.45) is 5.92 Å². The van der Waals surface area contributed by atoms with Crippen molar-refractivity contribution in [1.29, 1.82) is 0 Å². The molecule has 166 valence electrons. The van der Waals surface area contributed by atoms with E-state index >= 15 is 0 Å². The molecule has 5 rings (SSSR count). The van der Waals surface area contributed by atoms with Crippen molar-refractivity contribution < 1.29 is 4.42 Å². The minimum Gasteiger partial charge on any atom is -0.464 e. The molecule has 0 saturated heterocycles. The average molecular weight is 434 g/mol. The zero-order valence-corrected chi connectivity index (χ0v) is 20.1. The summed E-state index contributed by atoms with van der Waals surface area (Å²) in [7, 11) is 0. The zero-order chi connectivity index (χ0) is 23.2. The van der Waals surface area contributed by atoms with Gasteiger partial charge in [0.25, 0.3) is 0 Å². The van der Waals surface area contributed by atoms with Gasteiger partial charge < -0.3 is 4.42 Å². The highest BCUT2D eigenvalue weighted by atomic mass is 16.3. The molecule has 0 atom stereocenters. The first-order chi connectivity index (χ1) is 15.8. The highest BCUT2D eigenvalue weighted by molar-refractivity contribution is 5.96. The Morgan fingerprint density at radius 2 is 1.67 bits per heavy atom. The predicted octanol–water partition coefficient (Wildman–Crippen LogP) is 8.81. The van der Waals surface area contributed by atoms with E-state index in [1.54, 1.807) is 6.26 Å². The van der Waals surface area contributed by atoms with E-state index in [-0.39, 0.29) is 5.41 Å². The second-order valence-corrected chi connectivity index (χ2v) is 10.5. The van der Waals surface area contributed by atoms with E-state index in [4.69, 9.17) is 9.40 Å². The minimum absolute atomic E-state index is 0.0441. The van der Waals surface area contributed by atoms with Crippen LogP contribution in [0.3, 0.4) is 0 Å². The number of hydrogen-bond donors (Lipinski definition) is 0. The van der Waals surface area contributed by atoms with Crippen molar-refractivity contribution in [3.05, 3.63) is 90.3 Å². The third-order valence-corrected chi connectivity index (χ3v) is 6.36. The fourth-order valence-electron chi connectivity index (χ4n) is 4.81. The van der Waals surface area contributed by atoms with E-state index in [0.717, 1.165) is 28.8 Å². The summed E-state index contributed by atoms with van der Waals surface area (Å²) in [4.78, 5) is 4.77. The quantitative estimate of drug-likeness (QED) is 0.283. The summed E-state index contributed by atoms with van der Waals surface area (Å²) in [6.45, 7) is 11.3. The number of rotatable bonds is 4. The lowest BCUT2D eigenvalue weighted by atomic mass is 9.82. The molecule has 2 heteroatoms. The smallest absolute Gasteiger partial charge is 0.137 e. The van der Waals surface area contributed by atoms with Gasteiger partial charge in [0.1, 0.15) is 5.58 Å². The van der Waals surface area contributed by atoms with Crippen molar-refractivity contribution in [2.45, 2.75) is 46.5 Å². The molecule has 5 aromatic rings. The second kappa shape index (κ2) is 8.19. The van der Waals surface area contributed by atoms with Gasteiger partial charge in [-0.2, -0.15) is 0 Å². The fraction of sp³-hybridized carbons (Fsp3) is 0.258. The fourth-order valence-corrected chi connectivity index (χ4v) is 4.81. The van der Waals surface area contributed by atoms with Gasteiger partial charge in [0, 0.05) is 17.1 Å². The molecule has 2 heterocycles. The topological polar surface area (TPSA) is 26.0 Å². The SMILES string of the molecule is CC(C)Cc1ccc(-c2ccnc(-c3cc(C(C)(C)C)c4ccccc4c3)c2)c2ccoc12. The second-order valence-electron chi connectivity index (χ2n) is 10.5. The Morgan fingerprint density at radius 1 is 0.848 bits per heavy atom. The molecule has 0 aliphatic carbocycles. The van der Waals surface area contributed by atoms with Crippen LogP contribution in [0.15, 0.2) is 83.6 Å². The highest BCUT2D eigenvalue weighted by Gasteiger charge is 2.19. The lowest BCUT2D eigenvalue weighted by Crippen LogP contribution is -2.12. The zero-order valence-electron chi connectivity index (χ0n) is 20.1. The van der Waals surface area contributed by atoms with Gasteiger partial charge in [0.05, 0.1) is 12.0 Å². The normalized spacial score (nSPS) is 12.2. The van der Waals surface area contributed by atoms with Crippen LogP contribution in [0, 0.1) is 5.92 Å². The maximum absolute atomic E-state index is 5.91. The monoisotopic (exact) mass is 433 g/mol. The molecule has 0 radical (unpaired) electrons. The number of aromatic nitrogens is 1. The molecule has 0 amide bonds. The van der Waals surface area contributed by atoms with E-state index in [2.05, 4.69) is 101 Å². The minimum atomic E-state index is 0.0441. The van der Waals surface area contributed by atoms with Crippen molar-refractivity contribution >= 4 is 21.7 Å². The first-order valence-corrected chi connectivity index (χ1v) is 11.8. The largest absolute Gasteiger partial charge is 0.464 e. The van der Waals surface area contributed by atoms with E-state index in [9.17, 15) is 0 Å². The van der Waals surface area contributed by atoms with Gasteiger partial charge in [-0.1, -0.05) is 71.0 Å². The van der Waals surface area contributed by atoms with E-state index in [1.165, 1.54) is 32.8 Å². The van der Waals surface area contributed by atoms with Gasteiger partial charge in [0.2, 0.25) is 0 Å². The molecule has 0 spiro atoms. The number of fused-ring (bicyclic) bond motifs is 2. The molecule has 0 aliphatic rings. The number of nitrogens with zero attached hydrogens (tertiary/aromatic N) is 1. The van der Waals surface area contributed by atoms with Crippen molar-refractivity contribution in [2.75, 3.05) is 0 Å². The Kier molecular flexibility index (Phi) is 5.32. The number of benzene rings is 3. The van der Waals surface area contributed by atoms with Gasteiger partial charge >= 0.3 is 0 Å². The summed E-state index contributed by atoms with van der Waals surface area (Å²) in [5.41, 5.74) is 8.15.